The molecule has 270 valence electrons. The summed E-state index contributed by atoms with van der Waals surface area (Å²) in [5.41, 5.74) is 0.535. The summed E-state index contributed by atoms with van der Waals surface area (Å²) in [6, 6.07) is 11.2. The number of aromatic nitrogens is 4. The van der Waals surface area contributed by atoms with Gasteiger partial charge in [-0.15, -0.1) is 5.10 Å². The minimum Gasteiger partial charge on any atom is -0.496 e. The van der Waals surface area contributed by atoms with Gasteiger partial charge in [0.25, 0.3) is 0 Å². The van der Waals surface area contributed by atoms with E-state index in [1.165, 1.54) is 25.8 Å². The lowest BCUT2D eigenvalue weighted by molar-refractivity contribution is -0.156. The summed E-state index contributed by atoms with van der Waals surface area (Å²) in [6.45, 7) is 9.57. The zero-order valence-electron chi connectivity index (χ0n) is 29.8. The first kappa shape index (κ1) is 39.1. The number of tetrazole rings is 1. The summed E-state index contributed by atoms with van der Waals surface area (Å²) in [7, 11) is 2.93. The number of carbonyl (C=O) groups excluding carboxylic acids is 5. The first-order chi connectivity index (χ1) is 23.6. The van der Waals surface area contributed by atoms with Gasteiger partial charge in [-0.1, -0.05) is 50.2 Å². The van der Waals surface area contributed by atoms with E-state index < -0.39 is 60.3 Å². The lowest BCUT2D eigenvalue weighted by atomic mass is 10.0. The zero-order valence-corrected chi connectivity index (χ0v) is 29.8. The number of rotatable bonds is 17. The standard InChI is InChI=1S/C35H47N7O8/c1-21(2)31(38-28(44)18-17-23-13-10-9-11-14-23)34(47)36-22(3)33(46)37-24(19-29(45)50-35(4,5)6)25(43)20-42-32(39-40-41-42)30-26(48-7)15-12-16-27(30)49-8/h9-16,21-22,24,31H,17-20H2,1-8H3,(H,36,47)(H,37,46)(H,38,44)/t22-,24?,31-/m0/s1. The Morgan fingerprint density at radius 1 is 0.840 bits per heavy atom. The fourth-order valence-corrected chi connectivity index (χ4v) is 4.96. The summed E-state index contributed by atoms with van der Waals surface area (Å²) in [6.07, 6.45) is 0.186. The number of hydrogen-bond donors (Lipinski definition) is 3. The van der Waals surface area contributed by atoms with Crippen molar-refractivity contribution in [3.8, 4) is 22.9 Å². The van der Waals surface area contributed by atoms with Crippen LogP contribution in [0.2, 0.25) is 0 Å². The highest BCUT2D eigenvalue weighted by atomic mass is 16.6. The van der Waals surface area contributed by atoms with Crippen LogP contribution >= 0.6 is 0 Å². The van der Waals surface area contributed by atoms with E-state index >= 15 is 0 Å². The largest absolute Gasteiger partial charge is 0.496 e. The van der Waals surface area contributed by atoms with E-state index in [-0.39, 0.29) is 24.1 Å². The number of amides is 3. The first-order valence-corrected chi connectivity index (χ1v) is 16.3. The Balaban J connectivity index is 1.75. The molecule has 3 aromatic rings. The summed E-state index contributed by atoms with van der Waals surface area (Å²) in [5.74, 6) is -2.32. The molecule has 1 aromatic heterocycles. The molecule has 0 aliphatic heterocycles. The summed E-state index contributed by atoms with van der Waals surface area (Å²) in [5, 5.41) is 19.7. The molecule has 0 aliphatic rings. The lowest BCUT2D eigenvalue weighted by Crippen LogP contribution is -2.56. The molecule has 3 rings (SSSR count). The number of carbonyl (C=O) groups is 5. The first-order valence-electron chi connectivity index (χ1n) is 16.3. The van der Waals surface area contributed by atoms with Crippen LogP contribution < -0.4 is 25.4 Å². The fraction of sp³-hybridized carbons (Fsp3) is 0.486. The van der Waals surface area contributed by atoms with Gasteiger partial charge in [-0.05, 0) is 68.2 Å². The molecule has 15 nitrogen and oxygen atoms in total. The third-order valence-electron chi connectivity index (χ3n) is 7.49. The quantitative estimate of drug-likeness (QED) is 0.176. The number of benzene rings is 2. The van der Waals surface area contributed by atoms with Gasteiger partial charge in [0, 0.05) is 6.42 Å². The normalized spacial score (nSPS) is 13.1. The van der Waals surface area contributed by atoms with Crippen LogP contribution in [0.25, 0.3) is 11.4 Å². The average Bonchev–Trinajstić information content (AvgIpc) is 3.52. The Labute approximate surface area is 291 Å². The minimum atomic E-state index is -1.37. The molecule has 0 bridgehead atoms. The molecule has 15 heteroatoms. The van der Waals surface area contributed by atoms with E-state index in [4.69, 9.17) is 14.2 Å². The Hall–Kier alpha value is -5.34. The van der Waals surface area contributed by atoms with Crippen LogP contribution in [0.4, 0.5) is 0 Å². The van der Waals surface area contributed by atoms with Crippen LogP contribution in [0.3, 0.4) is 0 Å². The van der Waals surface area contributed by atoms with E-state index in [0.717, 1.165) is 5.56 Å². The number of hydrogen-bond acceptors (Lipinski definition) is 11. The topological polar surface area (TPSA) is 193 Å². The molecule has 3 N–H and O–H groups in total. The van der Waals surface area contributed by atoms with E-state index in [0.29, 0.717) is 23.5 Å². The highest BCUT2D eigenvalue weighted by Gasteiger charge is 2.32. The molecule has 2 aromatic carbocycles. The Morgan fingerprint density at radius 3 is 2.06 bits per heavy atom. The molecule has 1 heterocycles. The van der Waals surface area contributed by atoms with E-state index in [2.05, 4.69) is 31.5 Å². The average molecular weight is 694 g/mol. The van der Waals surface area contributed by atoms with Crippen LogP contribution in [-0.2, 0) is 41.7 Å². The molecule has 0 fully saturated rings. The zero-order chi connectivity index (χ0) is 37.0. The number of esters is 1. The van der Waals surface area contributed by atoms with Crippen molar-refractivity contribution in [2.45, 2.75) is 91.1 Å². The van der Waals surface area contributed by atoms with Gasteiger partial charge in [-0.2, -0.15) is 0 Å². The van der Waals surface area contributed by atoms with E-state index in [1.54, 1.807) is 52.8 Å². The molecule has 0 aliphatic carbocycles. The predicted octanol–water partition coefficient (Wildman–Crippen LogP) is 2.42. The van der Waals surface area contributed by atoms with E-state index in [9.17, 15) is 24.0 Å². The Kier molecular flexibility index (Phi) is 14.0. The second-order valence-electron chi connectivity index (χ2n) is 13.0. The maximum absolute atomic E-state index is 13.7. The van der Waals surface area contributed by atoms with Crippen molar-refractivity contribution >= 4 is 29.5 Å². The van der Waals surface area contributed by atoms with Crippen molar-refractivity contribution in [2.75, 3.05) is 14.2 Å². The summed E-state index contributed by atoms with van der Waals surface area (Å²) < 4.78 is 17.6. The molecule has 0 saturated heterocycles. The molecule has 50 heavy (non-hydrogen) atoms. The number of ketones is 1. The highest BCUT2D eigenvalue weighted by molar-refractivity contribution is 5.96. The van der Waals surface area contributed by atoms with Crippen molar-refractivity contribution < 1.29 is 38.2 Å². The summed E-state index contributed by atoms with van der Waals surface area (Å²) in [4.78, 5) is 66.0. The monoisotopic (exact) mass is 693 g/mol. The number of methoxy groups -OCH3 is 2. The lowest BCUT2D eigenvalue weighted by Gasteiger charge is -2.25. The fourth-order valence-electron chi connectivity index (χ4n) is 4.96. The van der Waals surface area contributed by atoms with Crippen molar-refractivity contribution in [1.82, 2.24) is 36.2 Å². The van der Waals surface area contributed by atoms with Gasteiger partial charge in [-0.25, -0.2) is 4.68 Å². The summed E-state index contributed by atoms with van der Waals surface area (Å²) >= 11 is 0. The molecule has 0 spiro atoms. The van der Waals surface area contributed by atoms with Crippen LogP contribution in [-0.4, -0.2) is 87.6 Å². The highest BCUT2D eigenvalue weighted by Crippen LogP contribution is 2.36. The second kappa shape index (κ2) is 17.9. The van der Waals surface area contributed by atoms with Crippen LogP contribution in [0.1, 0.15) is 59.9 Å². The van der Waals surface area contributed by atoms with Gasteiger partial charge in [0.15, 0.2) is 11.6 Å². The third-order valence-corrected chi connectivity index (χ3v) is 7.49. The second-order valence-corrected chi connectivity index (χ2v) is 13.0. The van der Waals surface area contributed by atoms with Gasteiger partial charge in [0.05, 0.1) is 26.7 Å². The number of Topliss-reactive ketones (excluding diaryl/α,β-unsaturated/α-hetero) is 1. The number of nitrogens with zero attached hydrogens (tertiary/aromatic N) is 4. The van der Waals surface area contributed by atoms with Crippen molar-refractivity contribution in [2.24, 2.45) is 5.92 Å². The van der Waals surface area contributed by atoms with Crippen LogP contribution in [0.15, 0.2) is 48.5 Å². The molecular formula is C35H47N7O8. The maximum atomic E-state index is 13.7. The Morgan fingerprint density at radius 2 is 1.48 bits per heavy atom. The maximum Gasteiger partial charge on any atom is 0.308 e. The van der Waals surface area contributed by atoms with Gasteiger partial charge < -0.3 is 30.2 Å². The molecule has 0 saturated carbocycles. The number of aryl methyl sites for hydroxylation is 1. The third kappa shape index (κ3) is 11.4. The SMILES string of the molecule is COc1cccc(OC)c1-c1nnnn1CC(=O)C(CC(=O)OC(C)(C)C)NC(=O)[C@H](C)NC(=O)[C@@H](NC(=O)CCc1ccccc1)C(C)C. The van der Waals surface area contributed by atoms with Crippen LogP contribution in [0.5, 0.6) is 11.5 Å². The Bertz CT molecular complexity index is 1610. The molecular weight excluding hydrogens is 646 g/mol. The van der Waals surface area contributed by atoms with Crippen molar-refractivity contribution in [3.05, 3.63) is 54.1 Å². The molecule has 1 unspecified atom stereocenters. The number of ether oxygens (including phenoxy) is 3. The minimum absolute atomic E-state index is 0.154. The van der Waals surface area contributed by atoms with Crippen molar-refractivity contribution in [1.29, 1.82) is 0 Å². The number of nitrogens with one attached hydrogen (secondary N) is 3. The van der Waals surface area contributed by atoms with Crippen LogP contribution in [0, 0.1) is 5.92 Å². The van der Waals surface area contributed by atoms with Gasteiger partial charge in [0.1, 0.15) is 41.3 Å². The molecule has 3 amide bonds. The van der Waals surface area contributed by atoms with Gasteiger partial charge in [-0.3, -0.25) is 24.0 Å². The predicted molar refractivity (Wildman–Crippen MR) is 183 cm³/mol. The van der Waals surface area contributed by atoms with E-state index in [1.807, 2.05) is 30.3 Å². The smallest absolute Gasteiger partial charge is 0.308 e. The van der Waals surface area contributed by atoms with Gasteiger partial charge >= 0.3 is 5.97 Å². The molecule has 0 radical (unpaired) electrons. The van der Waals surface area contributed by atoms with Crippen molar-refractivity contribution in [3.63, 3.8) is 0 Å². The molecule has 3 atom stereocenters. The van der Waals surface area contributed by atoms with Gasteiger partial charge in [0.2, 0.25) is 17.7 Å².